The number of nitrogens with one attached hydrogen (secondary N) is 1. The largest absolute Gasteiger partial charge is 0.340 e. The molecule has 186 valence electrons. The number of hydrogen-bond acceptors (Lipinski definition) is 3. The van der Waals surface area contributed by atoms with E-state index in [4.69, 9.17) is 23.2 Å². The van der Waals surface area contributed by atoms with Crippen molar-refractivity contribution in [2.75, 3.05) is 4.90 Å². The van der Waals surface area contributed by atoms with Crippen LogP contribution in [0.1, 0.15) is 22.4 Å². The van der Waals surface area contributed by atoms with Crippen LogP contribution in [0.15, 0.2) is 70.7 Å². The van der Waals surface area contributed by atoms with Gasteiger partial charge < -0.3 is 4.57 Å². The van der Waals surface area contributed by atoms with Gasteiger partial charge in [0.1, 0.15) is 5.57 Å². The number of anilines is 1. The lowest BCUT2D eigenvalue weighted by atomic mass is 10.0. The lowest BCUT2D eigenvalue weighted by Gasteiger charge is -2.26. The molecule has 0 unspecified atom stereocenters. The lowest BCUT2D eigenvalue weighted by Crippen LogP contribution is -2.54. The third-order valence-corrected chi connectivity index (χ3v) is 7.60. The van der Waals surface area contributed by atoms with Crippen molar-refractivity contribution >= 4 is 79.6 Å². The van der Waals surface area contributed by atoms with Gasteiger partial charge >= 0.3 is 6.03 Å². The molecule has 4 amide bonds. The van der Waals surface area contributed by atoms with E-state index in [1.807, 2.05) is 44.2 Å². The quantitative estimate of drug-likeness (QED) is 0.203. The van der Waals surface area contributed by atoms with E-state index in [-0.39, 0.29) is 5.57 Å². The third-order valence-electron chi connectivity index (χ3n) is 6.33. The number of imide groups is 2. The maximum Gasteiger partial charge on any atom is 0.335 e. The first kappa shape index (κ1) is 25.3. The Morgan fingerprint density at radius 2 is 1.65 bits per heavy atom. The first-order valence-corrected chi connectivity index (χ1v) is 12.9. The minimum absolute atomic E-state index is 0.124. The van der Waals surface area contributed by atoms with Crippen LogP contribution in [0.3, 0.4) is 0 Å². The number of aromatic nitrogens is 1. The predicted molar refractivity (Wildman–Crippen MR) is 150 cm³/mol. The van der Waals surface area contributed by atoms with E-state index in [0.717, 1.165) is 42.7 Å². The SMILES string of the molecule is Cc1ccc2c(c1)c(/C=C1/C(=O)NC(=O)N(c3ccc(Br)cc3)C1=O)c(C)n2Cc1ccc(Cl)c(Cl)c1. The number of carbonyl (C=O) groups excluding carboxylic acids is 3. The summed E-state index contributed by atoms with van der Waals surface area (Å²) >= 11 is 15.7. The Balaban J connectivity index is 1.63. The number of barbiturate groups is 1. The molecule has 0 radical (unpaired) electrons. The van der Waals surface area contributed by atoms with Crippen LogP contribution in [-0.2, 0) is 16.1 Å². The molecule has 3 aromatic carbocycles. The van der Waals surface area contributed by atoms with Gasteiger partial charge in [0.05, 0.1) is 15.7 Å². The number of benzene rings is 3. The fraction of sp³-hybridized carbons (Fsp3) is 0.107. The summed E-state index contributed by atoms with van der Waals surface area (Å²) in [6.07, 6.45) is 1.57. The monoisotopic (exact) mass is 595 g/mol. The summed E-state index contributed by atoms with van der Waals surface area (Å²) < 4.78 is 2.90. The molecule has 37 heavy (non-hydrogen) atoms. The smallest absolute Gasteiger partial charge is 0.335 e. The zero-order chi connectivity index (χ0) is 26.4. The van der Waals surface area contributed by atoms with Crippen molar-refractivity contribution in [3.8, 4) is 0 Å². The fourth-order valence-corrected chi connectivity index (χ4v) is 5.04. The molecule has 1 fully saturated rings. The molecule has 0 atom stereocenters. The van der Waals surface area contributed by atoms with Gasteiger partial charge in [0, 0.05) is 33.2 Å². The summed E-state index contributed by atoms with van der Waals surface area (Å²) in [5.74, 6) is -1.42. The summed E-state index contributed by atoms with van der Waals surface area (Å²) in [7, 11) is 0. The molecule has 1 aliphatic heterocycles. The van der Waals surface area contributed by atoms with Crippen LogP contribution in [0.25, 0.3) is 17.0 Å². The maximum atomic E-state index is 13.4. The minimum atomic E-state index is -0.788. The second kappa shape index (κ2) is 9.82. The molecule has 6 nitrogen and oxygen atoms in total. The van der Waals surface area contributed by atoms with Crippen LogP contribution >= 0.6 is 39.1 Å². The Morgan fingerprint density at radius 1 is 0.919 bits per heavy atom. The molecule has 0 aliphatic carbocycles. The second-order valence-corrected chi connectivity index (χ2v) is 10.5. The molecule has 1 aliphatic rings. The highest BCUT2D eigenvalue weighted by molar-refractivity contribution is 9.10. The van der Waals surface area contributed by atoms with E-state index in [9.17, 15) is 14.4 Å². The van der Waals surface area contributed by atoms with Crippen LogP contribution in [0, 0.1) is 13.8 Å². The Bertz CT molecular complexity index is 1640. The highest BCUT2D eigenvalue weighted by Crippen LogP contribution is 2.32. The van der Waals surface area contributed by atoms with Crippen LogP contribution in [0.5, 0.6) is 0 Å². The van der Waals surface area contributed by atoms with E-state index in [0.29, 0.717) is 22.3 Å². The summed E-state index contributed by atoms with van der Waals surface area (Å²) in [6, 6.07) is 17.4. The number of nitrogens with zero attached hydrogens (tertiary/aromatic N) is 2. The molecule has 4 aromatic rings. The summed E-state index contributed by atoms with van der Waals surface area (Å²) in [6.45, 7) is 4.42. The van der Waals surface area contributed by atoms with Crippen LogP contribution < -0.4 is 10.2 Å². The molecule has 1 N–H and O–H groups in total. The highest BCUT2D eigenvalue weighted by Gasteiger charge is 2.37. The molecule has 0 bridgehead atoms. The number of aryl methyl sites for hydroxylation is 1. The van der Waals surface area contributed by atoms with Crippen molar-refractivity contribution in [1.29, 1.82) is 0 Å². The Hall–Kier alpha value is -3.39. The Kier molecular flexibility index (Phi) is 6.70. The molecule has 9 heteroatoms. The first-order valence-electron chi connectivity index (χ1n) is 11.3. The average molecular weight is 597 g/mol. The molecular weight excluding hydrogens is 577 g/mol. The molecule has 1 aromatic heterocycles. The minimum Gasteiger partial charge on any atom is -0.340 e. The number of carbonyl (C=O) groups is 3. The summed E-state index contributed by atoms with van der Waals surface area (Å²) in [5.41, 5.74) is 4.73. The highest BCUT2D eigenvalue weighted by atomic mass is 79.9. The van der Waals surface area contributed by atoms with Crippen molar-refractivity contribution in [3.05, 3.63) is 103 Å². The maximum absolute atomic E-state index is 13.4. The number of fused-ring (bicyclic) bond motifs is 1. The fourth-order valence-electron chi connectivity index (χ4n) is 4.45. The van der Waals surface area contributed by atoms with Gasteiger partial charge in [0.25, 0.3) is 11.8 Å². The van der Waals surface area contributed by atoms with Gasteiger partial charge in [-0.05, 0) is 74.0 Å². The van der Waals surface area contributed by atoms with Crippen LogP contribution in [0.2, 0.25) is 10.0 Å². The third kappa shape index (κ3) is 4.70. The van der Waals surface area contributed by atoms with Gasteiger partial charge in [-0.3, -0.25) is 14.9 Å². The molecule has 1 saturated heterocycles. The number of amides is 4. The summed E-state index contributed by atoms with van der Waals surface area (Å²) in [5, 5.41) is 4.13. The topological polar surface area (TPSA) is 71.4 Å². The van der Waals surface area contributed by atoms with Crippen LogP contribution in [-0.4, -0.2) is 22.4 Å². The Morgan fingerprint density at radius 3 is 2.35 bits per heavy atom. The van der Waals surface area contributed by atoms with Gasteiger partial charge in [0.2, 0.25) is 0 Å². The van der Waals surface area contributed by atoms with Crippen molar-refractivity contribution in [2.24, 2.45) is 0 Å². The number of rotatable bonds is 4. The predicted octanol–water partition coefficient (Wildman–Crippen LogP) is 7.04. The van der Waals surface area contributed by atoms with Gasteiger partial charge in [-0.25, -0.2) is 9.69 Å². The number of halogens is 3. The van der Waals surface area contributed by atoms with Crippen molar-refractivity contribution in [1.82, 2.24) is 9.88 Å². The molecule has 0 spiro atoms. The van der Waals surface area contributed by atoms with Crippen molar-refractivity contribution in [3.63, 3.8) is 0 Å². The number of urea groups is 1. The molecule has 0 saturated carbocycles. The average Bonchev–Trinajstić information content (AvgIpc) is 3.10. The van der Waals surface area contributed by atoms with Crippen molar-refractivity contribution in [2.45, 2.75) is 20.4 Å². The molecule has 5 rings (SSSR count). The second-order valence-electron chi connectivity index (χ2n) is 8.79. The Labute approximate surface area is 231 Å². The standard InChI is InChI=1S/C28H20BrCl2N3O3/c1-15-3-10-25-21(11-15)20(16(2)33(25)14-17-4-9-23(30)24(31)12-17)13-22-26(35)32-28(37)34(27(22)36)19-7-5-18(29)6-8-19/h3-13H,14H2,1-2H3,(H,32,35,37)/b22-13-. The van der Waals surface area contributed by atoms with E-state index >= 15 is 0 Å². The van der Waals surface area contributed by atoms with E-state index < -0.39 is 17.8 Å². The van der Waals surface area contributed by atoms with E-state index in [2.05, 4.69) is 25.8 Å². The van der Waals surface area contributed by atoms with E-state index in [1.165, 1.54) is 0 Å². The van der Waals surface area contributed by atoms with Crippen molar-refractivity contribution < 1.29 is 14.4 Å². The van der Waals surface area contributed by atoms with Gasteiger partial charge in [-0.2, -0.15) is 0 Å². The van der Waals surface area contributed by atoms with Crippen LogP contribution in [0.4, 0.5) is 10.5 Å². The van der Waals surface area contributed by atoms with E-state index in [1.54, 1.807) is 36.4 Å². The first-order chi connectivity index (χ1) is 17.6. The number of hydrogen-bond donors (Lipinski definition) is 1. The lowest BCUT2D eigenvalue weighted by molar-refractivity contribution is -0.122. The summed E-state index contributed by atoms with van der Waals surface area (Å²) in [4.78, 5) is 39.8. The zero-order valence-corrected chi connectivity index (χ0v) is 22.9. The zero-order valence-electron chi connectivity index (χ0n) is 19.8. The van der Waals surface area contributed by atoms with Gasteiger partial charge in [-0.1, -0.05) is 56.8 Å². The van der Waals surface area contributed by atoms with Gasteiger partial charge in [-0.15, -0.1) is 0 Å². The molecular formula is C28H20BrCl2N3O3. The molecule has 2 heterocycles. The van der Waals surface area contributed by atoms with Gasteiger partial charge in [0.15, 0.2) is 0 Å². The normalized spacial score (nSPS) is 15.1.